The van der Waals surface area contributed by atoms with E-state index in [1.54, 1.807) is 12.2 Å². The lowest BCUT2D eigenvalue weighted by Crippen LogP contribution is -2.25. The molecular weight excluding hydrogens is 636 g/mol. The molecule has 0 unspecified atom stereocenters. The number of ketones is 1. The lowest BCUT2D eigenvalue weighted by Gasteiger charge is -2.20. The Kier molecular flexibility index (Phi) is 27.5. The standard InChI is InChI=1S/C41H74O9/c1-4-5-16-22-33(42)26-27-36-37(39(46)29-38(36)45)28-34(43)23-19-20-25-41(48)50-31-35(44)30-49-40(47)24-18-15-13-11-9-7-6-8-10-12-14-17-21-32(2)3/h26-27,32-33,35-39,42,44-46H,4-25,28-31H2,1-3H3/b27-26+/t33-,35-,36+,37+,38+,39-/m0/s1. The summed E-state index contributed by atoms with van der Waals surface area (Å²) in [6.45, 7) is 6.21. The van der Waals surface area contributed by atoms with Crippen molar-refractivity contribution in [3.05, 3.63) is 12.2 Å². The molecule has 0 bridgehead atoms. The largest absolute Gasteiger partial charge is 0.463 e. The first-order chi connectivity index (χ1) is 24.0. The van der Waals surface area contributed by atoms with Crippen molar-refractivity contribution in [2.24, 2.45) is 17.8 Å². The number of rotatable bonds is 32. The van der Waals surface area contributed by atoms with E-state index in [9.17, 15) is 34.8 Å². The first kappa shape index (κ1) is 46.2. The molecule has 9 heteroatoms. The number of unbranched alkanes of at least 4 members (excludes halogenated alkanes) is 14. The van der Waals surface area contributed by atoms with Gasteiger partial charge in [-0.1, -0.05) is 129 Å². The minimum absolute atomic E-state index is 0.0421. The van der Waals surface area contributed by atoms with Gasteiger partial charge in [-0.3, -0.25) is 14.4 Å². The molecule has 292 valence electrons. The predicted octanol–water partition coefficient (Wildman–Crippen LogP) is 7.93. The molecular formula is C41H74O9. The van der Waals surface area contributed by atoms with E-state index in [4.69, 9.17) is 9.47 Å². The quantitative estimate of drug-likeness (QED) is 0.0310. The summed E-state index contributed by atoms with van der Waals surface area (Å²) in [5.74, 6) is -0.849. The maximum Gasteiger partial charge on any atom is 0.305 e. The SMILES string of the molecule is CCCCC[C@H](O)/C=C/[C@@H]1[C@@H](CC(=O)CCCCC(=O)OC[C@@H](O)COC(=O)CCCCCCCCCCCCCCC(C)C)[C@@H](O)C[C@H]1O. The second-order valence-corrected chi connectivity index (χ2v) is 15.2. The van der Waals surface area contributed by atoms with Crippen LogP contribution in [0.3, 0.4) is 0 Å². The number of hydrogen-bond donors (Lipinski definition) is 4. The summed E-state index contributed by atoms with van der Waals surface area (Å²) in [5, 5.41) is 41.1. The second kappa shape index (κ2) is 29.7. The van der Waals surface area contributed by atoms with E-state index < -0.39 is 36.3 Å². The molecule has 0 heterocycles. The minimum Gasteiger partial charge on any atom is -0.463 e. The Morgan fingerprint density at radius 2 is 1.14 bits per heavy atom. The highest BCUT2D eigenvalue weighted by molar-refractivity contribution is 5.79. The van der Waals surface area contributed by atoms with Crippen LogP contribution >= 0.6 is 0 Å². The van der Waals surface area contributed by atoms with Gasteiger partial charge in [-0.05, 0) is 31.6 Å². The zero-order chi connectivity index (χ0) is 37.0. The highest BCUT2D eigenvalue weighted by Gasteiger charge is 2.41. The molecule has 0 aromatic heterocycles. The average Bonchev–Trinajstić information content (AvgIpc) is 3.34. The Morgan fingerprint density at radius 1 is 0.660 bits per heavy atom. The fourth-order valence-electron chi connectivity index (χ4n) is 6.74. The van der Waals surface area contributed by atoms with Crippen molar-refractivity contribution in [1.82, 2.24) is 0 Å². The Labute approximate surface area is 304 Å². The van der Waals surface area contributed by atoms with Crippen LogP contribution in [0, 0.1) is 17.8 Å². The molecule has 6 atom stereocenters. The summed E-state index contributed by atoms with van der Waals surface area (Å²) in [7, 11) is 0. The molecule has 0 amide bonds. The number of Topliss-reactive ketones (excluding diaryl/α,β-unsaturated/α-hetero) is 1. The number of carbonyl (C=O) groups is 3. The Morgan fingerprint density at radius 3 is 1.68 bits per heavy atom. The number of hydrogen-bond acceptors (Lipinski definition) is 9. The Hall–Kier alpha value is -1.81. The second-order valence-electron chi connectivity index (χ2n) is 15.2. The van der Waals surface area contributed by atoms with Gasteiger partial charge < -0.3 is 29.9 Å². The van der Waals surface area contributed by atoms with E-state index in [-0.39, 0.29) is 56.6 Å². The van der Waals surface area contributed by atoms with Crippen molar-refractivity contribution >= 4 is 17.7 Å². The van der Waals surface area contributed by atoms with E-state index in [1.807, 2.05) is 0 Å². The molecule has 1 rings (SSSR count). The van der Waals surface area contributed by atoms with E-state index in [0.717, 1.165) is 44.4 Å². The topological polar surface area (TPSA) is 151 Å². The number of aliphatic hydroxyl groups is 4. The van der Waals surface area contributed by atoms with Crippen molar-refractivity contribution in [3.8, 4) is 0 Å². The van der Waals surface area contributed by atoms with Crippen LogP contribution in [0.4, 0.5) is 0 Å². The third-order valence-electron chi connectivity index (χ3n) is 9.91. The molecule has 1 saturated carbocycles. The molecule has 50 heavy (non-hydrogen) atoms. The van der Waals surface area contributed by atoms with Crippen LogP contribution in [0.25, 0.3) is 0 Å². The molecule has 0 spiro atoms. The number of ether oxygens (including phenoxy) is 2. The van der Waals surface area contributed by atoms with Gasteiger partial charge in [0.25, 0.3) is 0 Å². The predicted molar refractivity (Wildman–Crippen MR) is 198 cm³/mol. The van der Waals surface area contributed by atoms with E-state index in [2.05, 4.69) is 20.8 Å². The summed E-state index contributed by atoms with van der Waals surface area (Å²) in [4.78, 5) is 36.7. The van der Waals surface area contributed by atoms with Crippen molar-refractivity contribution in [3.63, 3.8) is 0 Å². The maximum absolute atomic E-state index is 12.6. The summed E-state index contributed by atoms with van der Waals surface area (Å²) in [5.41, 5.74) is 0. The van der Waals surface area contributed by atoms with Crippen LogP contribution in [0.5, 0.6) is 0 Å². The number of esters is 2. The van der Waals surface area contributed by atoms with Gasteiger partial charge in [-0.15, -0.1) is 0 Å². The van der Waals surface area contributed by atoms with Crippen LogP contribution < -0.4 is 0 Å². The first-order valence-corrected chi connectivity index (χ1v) is 20.3. The lowest BCUT2D eigenvalue weighted by molar-refractivity contribution is -0.152. The van der Waals surface area contributed by atoms with Crippen LogP contribution in [0.2, 0.25) is 0 Å². The Balaban J connectivity index is 2.06. The zero-order valence-corrected chi connectivity index (χ0v) is 31.9. The van der Waals surface area contributed by atoms with Crippen molar-refractivity contribution in [1.29, 1.82) is 0 Å². The van der Waals surface area contributed by atoms with Crippen LogP contribution in [-0.2, 0) is 23.9 Å². The molecule has 0 radical (unpaired) electrons. The molecule has 1 aliphatic rings. The fraction of sp³-hybridized carbons (Fsp3) is 0.878. The third kappa shape index (κ3) is 24.4. The monoisotopic (exact) mass is 711 g/mol. The lowest BCUT2D eigenvalue weighted by atomic mass is 9.87. The number of aliphatic hydroxyl groups excluding tert-OH is 4. The summed E-state index contributed by atoms with van der Waals surface area (Å²) in [6, 6.07) is 0. The van der Waals surface area contributed by atoms with E-state index in [0.29, 0.717) is 25.7 Å². The van der Waals surface area contributed by atoms with Crippen LogP contribution in [0.15, 0.2) is 12.2 Å². The van der Waals surface area contributed by atoms with Gasteiger partial charge in [0.1, 0.15) is 25.1 Å². The smallest absolute Gasteiger partial charge is 0.305 e. The highest BCUT2D eigenvalue weighted by Crippen LogP contribution is 2.36. The van der Waals surface area contributed by atoms with Gasteiger partial charge in [0.05, 0.1) is 18.3 Å². The van der Waals surface area contributed by atoms with Crippen LogP contribution in [-0.4, -0.2) is 75.8 Å². The minimum atomic E-state index is -1.09. The Bertz CT molecular complexity index is 904. The molecule has 0 aromatic carbocycles. The zero-order valence-electron chi connectivity index (χ0n) is 31.9. The van der Waals surface area contributed by atoms with Gasteiger partial charge in [-0.2, -0.15) is 0 Å². The molecule has 1 fully saturated rings. The summed E-state index contributed by atoms with van der Waals surface area (Å²) >= 11 is 0. The van der Waals surface area contributed by atoms with Gasteiger partial charge in [0.2, 0.25) is 0 Å². The van der Waals surface area contributed by atoms with Crippen molar-refractivity contribution < 1.29 is 44.3 Å². The van der Waals surface area contributed by atoms with Gasteiger partial charge in [0, 0.05) is 43.9 Å². The van der Waals surface area contributed by atoms with Gasteiger partial charge in [-0.25, -0.2) is 0 Å². The van der Waals surface area contributed by atoms with E-state index in [1.165, 1.54) is 64.2 Å². The van der Waals surface area contributed by atoms with Gasteiger partial charge >= 0.3 is 11.9 Å². The average molecular weight is 711 g/mol. The van der Waals surface area contributed by atoms with Crippen molar-refractivity contribution in [2.75, 3.05) is 13.2 Å². The fourth-order valence-corrected chi connectivity index (χ4v) is 6.74. The molecule has 4 N–H and O–H groups in total. The van der Waals surface area contributed by atoms with E-state index >= 15 is 0 Å². The first-order valence-electron chi connectivity index (χ1n) is 20.3. The summed E-state index contributed by atoms with van der Waals surface area (Å²) in [6.07, 6.45) is 21.9. The van der Waals surface area contributed by atoms with Crippen molar-refractivity contribution in [2.45, 2.75) is 199 Å². The number of carbonyl (C=O) groups excluding carboxylic acids is 3. The molecule has 1 aliphatic carbocycles. The normalized spacial score (nSPS) is 20.4. The summed E-state index contributed by atoms with van der Waals surface area (Å²) < 4.78 is 10.2. The third-order valence-corrected chi connectivity index (χ3v) is 9.91. The maximum atomic E-state index is 12.6. The highest BCUT2D eigenvalue weighted by atomic mass is 16.6. The molecule has 0 aromatic rings. The van der Waals surface area contributed by atoms with Gasteiger partial charge in [0.15, 0.2) is 0 Å². The molecule has 9 nitrogen and oxygen atoms in total. The van der Waals surface area contributed by atoms with Crippen LogP contribution in [0.1, 0.15) is 175 Å². The molecule has 0 aliphatic heterocycles. The molecule has 0 saturated heterocycles.